The van der Waals surface area contributed by atoms with Gasteiger partial charge in [0.1, 0.15) is 5.75 Å². The van der Waals surface area contributed by atoms with Gasteiger partial charge in [-0.2, -0.15) is 5.10 Å². The van der Waals surface area contributed by atoms with Gasteiger partial charge in [-0.1, -0.05) is 41.9 Å². The van der Waals surface area contributed by atoms with Gasteiger partial charge >= 0.3 is 11.7 Å². The van der Waals surface area contributed by atoms with E-state index < -0.39 is 23.4 Å². The summed E-state index contributed by atoms with van der Waals surface area (Å²) in [4.78, 5) is 34.7. The van der Waals surface area contributed by atoms with Gasteiger partial charge in [0.25, 0.3) is 5.91 Å². The molecule has 3 aromatic rings. The summed E-state index contributed by atoms with van der Waals surface area (Å²) in [5.41, 5.74) is 3.52. The molecule has 0 saturated carbocycles. The first-order valence-electron chi connectivity index (χ1n) is 9.60. The number of hydrazone groups is 1. The first-order chi connectivity index (χ1) is 15.8. The quantitative estimate of drug-likeness (QED) is 0.173. The van der Waals surface area contributed by atoms with Crippen molar-refractivity contribution in [1.29, 1.82) is 0 Å². The van der Waals surface area contributed by atoms with Crippen molar-refractivity contribution in [1.82, 2.24) is 5.43 Å². The standard InChI is InChI=1S/C23H18ClN3O6/c1-15-9-10-21(20(11-15)27(30)31)32-14-22(28)26-25-13-16-5-4-6-17(12-16)33-23(29)18-7-2-3-8-19(18)24/h2-13H,14H2,1H3,(H,26,28)/b25-13-. The van der Waals surface area contributed by atoms with E-state index in [1.165, 1.54) is 18.3 Å². The smallest absolute Gasteiger partial charge is 0.345 e. The molecule has 9 nitrogen and oxygen atoms in total. The number of hydrogen-bond acceptors (Lipinski definition) is 7. The fraction of sp³-hybridized carbons (Fsp3) is 0.0870. The Hall–Kier alpha value is -4.24. The molecule has 0 aliphatic rings. The molecule has 0 bridgehead atoms. The lowest BCUT2D eigenvalue weighted by atomic mass is 10.2. The Morgan fingerprint density at radius 2 is 1.91 bits per heavy atom. The maximum absolute atomic E-state index is 12.3. The van der Waals surface area contributed by atoms with Gasteiger partial charge in [-0.25, -0.2) is 10.2 Å². The number of nitrogens with one attached hydrogen (secondary N) is 1. The lowest BCUT2D eigenvalue weighted by molar-refractivity contribution is -0.385. The SMILES string of the molecule is Cc1ccc(OCC(=O)N/N=C\c2cccc(OC(=O)c3ccccc3Cl)c2)c([N+](=O)[O-])c1. The van der Waals surface area contributed by atoms with E-state index in [9.17, 15) is 19.7 Å². The van der Waals surface area contributed by atoms with Crippen LogP contribution in [0.4, 0.5) is 5.69 Å². The van der Waals surface area contributed by atoms with Gasteiger partial charge in [-0.3, -0.25) is 14.9 Å². The van der Waals surface area contributed by atoms with Crippen molar-refractivity contribution < 1.29 is 24.0 Å². The van der Waals surface area contributed by atoms with E-state index >= 15 is 0 Å². The molecule has 0 saturated heterocycles. The second-order valence-electron chi connectivity index (χ2n) is 6.75. The highest BCUT2D eigenvalue weighted by molar-refractivity contribution is 6.33. The van der Waals surface area contributed by atoms with Crippen molar-refractivity contribution in [3.63, 3.8) is 0 Å². The third kappa shape index (κ3) is 6.62. The highest BCUT2D eigenvalue weighted by Gasteiger charge is 2.16. The molecule has 3 rings (SSSR count). The first kappa shape index (κ1) is 23.4. The Morgan fingerprint density at radius 3 is 2.67 bits per heavy atom. The van der Waals surface area contributed by atoms with E-state index in [-0.39, 0.29) is 27.8 Å². The van der Waals surface area contributed by atoms with Crippen molar-refractivity contribution >= 4 is 35.4 Å². The molecule has 3 aromatic carbocycles. The third-order valence-corrected chi connectivity index (χ3v) is 4.56. The molecule has 1 N–H and O–H groups in total. The molecule has 0 unspecified atom stereocenters. The molecule has 0 radical (unpaired) electrons. The highest BCUT2D eigenvalue weighted by Crippen LogP contribution is 2.27. The average Bonchev–Trinajstić information content (AvgIpc) is 2.78. The van der Waals surface area contributed by atoms with Crippen LogP contribution in [0.3, 0.4) is 0 Å². The summed E-state index contributed by atoms with van der Waals surface area (Å²) in [5, 5.41) is 15.2. The van der Waals surface area contributed by atoms with Crippen LogP contribution in [0.2, 0.25) is 5.02 Å². The number of amides is 1. The lowest BCUT2D eigenvalue weighted by Gasteiger charge is -2.07. The minimum absolute atomic E-state index is 0.0160. The molecule has 0 spiro atoms. The normalized spacial score (nSPS) is 10.6. The zero-order valence-corrected chi connectivity index (χ0v) is 18.1. The maximum Gasteiger partial charge on any atom is 0.345 e. The topological polar surface area (TPSA) is 120 Å². The second-order valence-corrected chi connectivity index (χ2v) is 7.16. The first-order valence-corrected chi connectivity index (χ1v) is 9.98. The number of carbonyl (C=O) groups is 2. The number of benzene rings is 3. The molecule has 33 heavy (non-hydrogen) atoms. The van der Waals surface area contributed by atoms with Crippen molar-refractivity contribution in [2.24, 2.45) is 5.10 Å². The lowest BCUT2D eigenvalue weighted by Crippen LogP contribution is -2.24. The summed E-state index contributed by atoms with van der Waals surface area (Å²) in [6, 6.07) is 17.4. The molecule has 168 valence electrons. The molecule has 0 fully saturated rings. The zero-order chi connectivity index (χ0) is 23.8. The zero-order valence-electron chi connectivity index (χ0n) is 17.4. The molecule has 0 aromatic heterocycles. The molecule has 0 heterocycles. The van der Waals surface area contributed by atoms with Crippen LogP contribution in [0.15, 0.2) is 71.8 Å². The van der Waals surface area contributed by atoms with E-state index in [0.29, 0.717) is 11.1 Å². The molecule has 0 aliphatic carbocycles. The molecule has 1 amide bonds. The molecule has 0 atom stereocenters. The van der Waals surface area contributed by atoms with Crippen molar-refractivity contribution in [3.8, 4) is 11.5 Å². The maximum atomic E-state index is 12.3. The number of carbonyl (C=O) groups excluding carboxylic acids is 2. The number of esters is 1. The number of ether oxygens (including phenoxy) is 2. The third-order valence-electron chi connectivity index (χ3n) is 4.24. The molecule has 10 heteroatoms. The number of rotatable bonds is 8. The van der Waals surface area contributed by atoms with Crippen LogP contribution in [0.5, 0.6) is 11.5 Å². The van der Waals surface area contributed by atoms with E-state index in [0.717, 1.165) is 0 Å². The minimum atomic E-state index is -0.609. The van der Waals surface area contributed by atoms with Crippen LogP contribution in [0.1, 0.15) is 21.5 Å². The van der Waals surface area contributed by atoms with Crippen molar-refractivity contribution in [2.45, 2.75) is 6.92 Å². The van der Waals surface area contributed by atoms with Crippen LogP contribution in [0, 0.1) is 17.0 Å². The number of nitro benzene ring substituents is 1. The summed E-state index contributed by atoms with van der Waals surface area (Å²) in [7, 11) is 0. The van der Waals surface area contributed by atoms with Gasteiger partial charge in [0.05, 0.1) is 21.7 Å². The van der Waals surface area contributed by atoms with Crippen LogP contribution in [-0.4, -0.2) is 29.6 Å². The van der Waals surface area contributed by atoms with Crippen LogP contribution < -0.4 is 14.9 Å². The Morgan fingerprint density at radius 1 is 1.12 bits per heavy atom. The molecular formula is C23H18ClN3O6. The van der Waals surface area contributed by atoms with Crippen LogP contribution in [0.25, 0.3) is 0 Å². The highest BCUT2D eigenvalue weighted by atomic mass is 35.5. The number of nitrogens with zero attached hydrogens (tertiary/aromatic N) is 2. The minimum Gasteiger partial charge on any atom is -0.477 e. The van der Waals surface area contributed by atoms with E-state index in [1.54, 1.807) is 61.5 Å². The Balaban J connectivity index is 1.55. The van der Waals surface area contributed by atoms with Crippen molar-refractivity contribution in [2.75, 3.05) is 6.61 Å². The predicted octanol–water partition coefficient (Wildman–Crippen LogP) is 4.30. The summed E-state index contributed by atoms with van der Waals surface area (Å²) in [6.45, 7) is 1.25. The number of nitro groups is 1. The van der Waals surface area contributed by atoms with Gasteiger partial charge < -0.3 is 9.47 Å². The Kier molecular flexibility index (Phi) is 7.72. The van der Waals surface area contributed by atoms with Gasteiger partial charge in [0, 0.05) is 6.07 Å². The predicted molar refractivity (Wildman–Crippen MR) is 122 cm³/mol. The Labute approximate surface area is 193 Å². The fourth-order valence-corrected chi connectivity index (χ4v) is 2.91. The summed E-state index contributed by atoms with van der Waals surface area (Å²) < 4.78 is 10.6. The largest absolute Gasteiger partial charge is 0.477 e. The van der Waals surface area contributed by atoms with Gasteiger partial charge in [0.2, 0.25) is 0 Å². The summed E-state index contributed by atoms with van der Waals surface area (Å²) in [6.07, 6.45) is 1.35. The van der Waals surface area contributed by atoms with Gasteiger partial charge in [-0.05, 0) is 48.4 Å². The summed E-state index contributed by atoms with van der Waals surface area (Å²) >= 11 is 6.00. The van der Waals surface area contributed by atoms with E-state index in [2.05, 4.69) is 10.5 Å². The molecule has 0 aliphatic heterocycles. The monoisotopic (exact) mass is 467 g/mol. The molecular weight excluding hydrogens is 450 g/mol. The fourth-order valence-electron chi connectivity index (χ4n) is 2.69. The van der Waals surface area contributed by atoms with E-state index in [4.69, 9.17) is 21.1 Å². The second kappa shape index (κ2) is 10.9. The van der Waals surface area contributed by atoms with Crippen molar-refractivity contribution in [3.05, 3.63) is 98.6 Å². The van der Waals surface area contributed by atoms with Gasteiger partial charge in [-0.15, -0.1) is 0 Å². The Bertz CT molecular complexity index is 1230. The number of aryl methyl sites for hydroxylation is 1. The van der Waals surface area contributed by atoms with E-state index in [1.807, 2.05) is 0 Å². The summed E-state index contributed by atoms with van der Waals surface area (Å²) in [5.74, 6) is -0.962. The van der Waals surface area contributed by atoms with Crippen LogP contribution in [-0.2, 0) is 4.79 Å². The number of hydrogen-bond donors (Lipinski definition) is 1. The number of halogens is 1. The van der Waals surface area contributed by atoms with Gasteiger partial charge in [0.15, 0.2) is 12.4 Å². The average molecular weight is 468 g/mol. The van der Waals surface area contributed by atoms with Crippen LogP contribution >= 0.6 is 11.6 Å².